The molecule has 22 heavy (non-hydrogen) atoms. The van der Waals surface area contributed by atoms with Crippen LogP contribution in [0.1, 0.15) is 64.2 Å². The molecule has 1 aromatic carbocycles. The summed E-state index contributed by atoms with van der Waals surface area (Å²) in [6, 6.07) is 9.13. The molecule has 1 saturated carbocycles. The number of aryl methyl sites for hydroxylation is 1. The Bertz CT molecular complexity index is 521. The molecular formula is C20H31NO. The highest BCUT2D eigenvalue weighted by molar-refractivity contribution is 5.24. The third kappa shape index (κ3) is 3.23. The van der Waals surface area contributed by atoms with Crippen molar-refractivity contribution >= 4 is 0 Å². The van der Waals surface area contributed by atoms with E-state index in [0.717, 1.165) is 25.1 Å². The first-order valence-corrected chi connectivity index (χ1v) is 8.81. The SMILES string of the molecule is CCc1ccc(C(O)CN2CC3(C)CC2CC(C)(C)C3)cc1. The van der Waals surface area contributed by atoms with E-state index < -0.39 is 0 Å². The lowest BCUT2D eigenvalue weighted by Crippen LogP contribution is -2.36. The maximum absolute atomic E-state index is 10.6. The van der Waals surface area contributed by atoms with Gasteiger partial charge >= 0.3 is 0 Å². The van der Waals surface area contributed by atoms with Gasteiger partial charge in [0.15, 0.2) is 0 Å². The van der Waals surface area contributed by atoms with Crippen molar-refractivity contribution in [3.8, 4) is 0 Å². The van der Waals surface area contributed by atoms with Crippen LogP contribution >= 0.6 is 0 Å². The number of hydrogen-bond acceptors (Lipinski definition) is 2. The number of aliphatic hydroxyl groups is 1. The zero-order chi connectivity index (χ0) is 16.0. The molecule has 1 saturated heterocycles. The minimum atomic E-state index is -0.364. The average molecular weight is 301 g/mol. The minimum Gasteiger partial charge on any atom is -0.387 e. The molecule has 1 aliphatic heterocycles. The topological polar surface area (TPSA) is 23.5 Å². The van der Waals surface area contributed by atoms with Gasteiger partial charge in [0, 0.05) is 19.1 Å². The molecule has 0 amide bonds. The van der Waals surface area contributed by atoms with Gasteiger partial charge < -0.3 is 5.11 Å². The van der Waals surface area contributed by atoms with Crippen molar-refractivity contribution in [2.45, 2.75) is 65.5 Å². The first-order valence-electron chi connectivity index (χ1n) is 8.81. The van der Waals surface area contributed by atoms with E-state index in [4.69, 9.17) is 0 Å². The average Bonchev–Trinajstić information content (AvgIpc) is 2.67. The number of β-amino-alcohol motifs (C(OH)–C–C–N with tert-alkyl or cyclic N) is 1. The monoisotopic (exact) mass is 301 g/mol. The second-order valence-electron chi connectivity index (χ2n) is 8.75. The maximum Gasteiger partial charge on any atom is 0.0917 e. The molecule has 1 aliphatic carbocycles. The number of benzene rings is 1. The first-order chi connectivity index (χ1) is 10.3. The predicted octanol–water partition coefficient (Wildman–Crippen LogP) is 4.18. The quantitative estimate of drug-likeness (QED) is 0.901. The highest BCUT2D eigenvalue weighted by Gasteiger charge is 2.49. The van der Waals surface area contributed by atoms with Crippen LogP contribution in [0.15, 0.2) is 24.3 Å². The number of fused-ring (bicyclic) bond motifs is 2. The summed E-state index contributed by atoms with van der Waals surface area (Å²) < 4.78 is 0. The molecule has 0 spiro atoms. The van der Waals surface area contributed by atoms with Crippen LogP contribution in [0.4, 0.5) is 0 Å². The fraction of sp³-hybridized carbons (Fsp3) is 0.700. The van der Waals surface area contributed by atoms with Gasteiger partial charge in [-0.05, 0) is 47.6 Å². The normalized spacial score (nSPS) is 32.1. The van der Waals surface area contributed by atoms with Crippen molar-refractivity contribution in [1.82, 2.24) is 4.90 Å². The smallest absolute Gasteiger partial charge is 0.0917 e. The maximum atomic E-state index is 10.6. The number of rotatable bonds is 4. The van der Waals surface area contributed by atoms with Crippen molar-refractivity contribution in [3.63, 3.8) is 0 Å². The van der Waals surface area contributed by atoms with Gasteiger partial charge in [-0.1, -0.05) is 52.0 Å². The molecule has 122 valence electrons. The van der Waals surface area contributed by atoms with Gasteiger partial charge in [-0.2, -0.15) is 0 Å². The van der Waals surface area contributed by atoms with E-state index >= 15 is 0 Å². The van der Waals surface area contributed by atoms with Crippen molar-refractivity contribution in [2.75, 3.05) is 13.1 Å². The highest BCUT2D eigenvalue weighted by atomic mass is 16.3. The highest BCUT2D eigenvalue weighted by Crippen LogP contribution is 2.52. The summed E-state index contributed by atoms with van der Waals surface area (Å²) in [5, 5.41) is 10.6. The Morgan fingerprint density at radius 2 is 1.86 bits per heavy atom. The van der Waals surface area contributed by atoms with Gasteiger partial charge in [-0.15, -0.1) is 0 Å². The molecule has 0 radical (unpaired) electrons. The van der Waals surface area contributed by atoms with Gasteiger partial charge in [0.05, 0.1) is 6.10 Å². The molecule has 2 fully saturated rings. The fourth-order valence-corrected chi connectivity index (χ4v) is 5.09. The van der Waals surface area contributed by atoms with Crippen LogP contribution in [-0.2, 0) is 6.42 Å². The van der Waals surface area contributed by atoms with Crippen molar-refractivity contribution in [2.24, 2.45) is 10.8 Å². The zero-order valence-corrected chi connectivity index (χ0v) is 14.6. The molecule has 3 atom stereocenters. The molecular weight excluding hydrogens is 270 g/mol. The van der Waals surface area contributed by atoms with Gasteiger partial charge in [0.25, 0.3) is 0 Å². The predicted molar refractivity (Wildman–Crippen MR) is 91.9 cm³/mol. The van der Waals surface area contributed by atoms with Crippen LogP contribution in [0.25, 0.3) is 0 Å². The van der Waals surface area contributed by atoms with Gasteiger partial charge in [0.2, 0.25) is 0 Å². The summed E-state index contributed by atoms with van der Waals surface area (Å²) >= 11 is 0. The molecule has 1 aromatic rings. The third-order valence-electron chi connectivity index (χ3n) is 5.70. The van der Waals surface area contributed by atoms with Gasteiger partial charge in [0.1, 0.15) is 0 Å². The Hall–Kier alpha value is -0.860. The van der Waals surface area contributed by atoms with Crippen LogP contribution in [0.5, 0.6) is 0 Å². The Kier molecular flexibility index (Phi) is 4.11. The molecule has 2 heteroatoms. The zero-order valence-electron chi connectivity index (χ0n) is 14.6. The lowest BCUT2D eigenvalue weighted by atomic mass is 9.65. The molecule has 3 unspecified atom stereocenters. The van der Waals surface area contributed by atoms with Crippen molar-refractivity contribution < 1.29 is 5.11 Å². The standard InChI is InChI=1S/C20H31NO/c1-5-15-6-8-16(9-7-15)18(22)12-21-14-20(4)11-17(21)10-19(2,3)13-20/h6-9,17-18,22H,5,10-14H2,1-4H3. The largest absolute Gasteiger partial charge is 0.387 e. The van der Waals surface area contributed by atoms with E-state index in [-0.39, 0.29) is 6.10 Å². The Labute approximate surface area is 135 Å². The van der Waals surface area contributed by atoms with Crippen molar-refractivity contribution in [3.05, 3.63) is 35.4 Å². The molecule has 1 N–H and O–H groups in total. The number of aliphatic hydroxyl groups excluding tert-OH is 1. The number of hydrogen-bond donors (Lipinski definition) is 1. The lowest BCUT2D eigenvalue weighted by Gasteiger charge is -2.40. The van der Waals surface area contributed by atoms with Crippen LogP contribution < -0.4 is 0 Å². The van der Waals surface area contributed by atoms with E-state index in [1.54, 1.807) is 0 Å². The summed E-state index contributed by atoms with van der Waals surface area (Å²) in [4.78, 5) is 2.55. The summed E-state index contributed by atoms with van der Waals surface area (Å²) in [7, 11) is 0. The van der Waals surface area contributed by atoms with Crippen LogP contribution in [-0.4, -0.2) is 29.1 Å². The van der Waals surface area contributed by atoms with E-state index in [9.17, 15) is 5.11 Å². The summed E-state index contributed by atoms with van der Waals surface area (Å²) in [5.41, 5.74) is 3.28. The number of likely N-dealkylation sites (tertiary alicyclic amines) is 1. The second-order valence-corrected chi connectivity index (χ2v) is 8.75. The molecule has 2 bridgehead atoms. The Morgan fingerprint density at radius 3 is 2.50 bits per heavy atom. The second kappa shape index (κ2) is 5.65. The van der Waals surface area contributed by atoms with E-state index in [1.807, 2.05) is 0 Å². The van der Waals surface area contributed by atoms with E-state index in [2.05, 4.69) is 56.9 Å². The van der Waals surface area contributed by atoms with Crippen molar-refractivity contribution in [1.29, 1.82) is 0 Å². The van der Waals surface area contributed by atoms with Crippen LogP contribution in [0, 0.1) is 10.8 Å². The van der Waals surface area contributed by atoms with Crippen LogP contribution in [0.2, 0.25) is 0 Å². The fourth-order valence-electron chi connectivity index (χ4n) is 5.09. The summed E-state index contributed by atoms with van der Waals surface area (Å²) in [6.07, 6.45) is 4.57. The van der Waals surface area contributed by atoms with Gasteiger partial charge in [-0.3, -0.25) is 4.90 Å². The molecule has 3 rings (SSSR count). The van der Waals surface area contributed by atoms with Crippen LogP contribution in [0.3, 0.4) is 0 Å². The molecule has 0 aromatic heterocycles. The molecule has 1 heterocycles. The van der Waals surface area contributed by atoms with E-state index in [0.29, 0.717) is 16.9 Å². The summed E-state index contributed by atoms with van der Waals surface area (Å²) in [5.74, 6) is 0. The number of nitrogens with zero attached hydrogens (tertiary/aromatic N) is 1. The lowest BCUT2D eigenvalue weighted by molar-refractivity contribution is 0.0921. The summed E-state index contributed by atoms with van der Waals surface area (Å²) in [6.45, 7) is 11.3. The first kappa shape index (κ1) is 16.0. The Morgan fingerprint density at radius 1 is 1.18 bits per heavy atom. The van der Waals surface area contributed by atoms with E-state index in [1.165, 1.54) is 24.8 Å². The van der Waals surface area contributed by atoms with Gasteiger partial charge in [-0.25, -0.2) is 0 Å². The minimum absolute atomic E-state index is 0.364. The third-order valence-corrected chi connectivity index (χ3v) is 5.70. The Balaban J connectivity index is 1.68. The molecule has 2 aliphatic rings. The molecule has 2 nitrogen and oxygen atoms in total.